The van der Waals surface area contributed by atoms with Crippen LogP contribution in [0.1, 0.15) is 44.2 Å². The van der Waals surface area contributed by atoms with Crippen molar-refractivity contribution in [2.24, 2.45) is 5.10 Å². The molecule has 0 spiro atoms. The molecule has 0 aliphatic rings. The lowest BCUT2D eigenvalue weighted by Crippen LogP contribution is -2.03. The Hall–Kier alpha value is -3.31. The maximum atomic E-state index is 4.81. The molecule has 0 aliphatic carbocycles. The normalized spacial score (nSPS) is 11.4. The minimum Gasteiger partial charge on any atom is -0.261 e. The van der Waals surface area contributed by atoms with E-state index in [1.165, 1.54) is 24.8 Å². The lowest BCUT2D eigenvalue weighted by Gasteiger charge is -2.09. The summed E-state index contributed by atoms with van der Waals surface area (Å²) in [7, 11) is 0. The summed E-state index contributed by atoms with van der Waals surface area (Å²) in [6.45, 7) is 4.24. The fourth-order valence-corrected chi connectivity index (χ4v) is 3.95. The van der Waals surface area contributed by atoms with Crippen LogP contribution < -0.4 is 5.43 Å². The van der Waals surface area contributed by atoms with Gasteiger partial charge in [-0.2, -0.15) is 5.10 Å². The molecule has 3 aromatic carbocycles. The van der Waals surface area contributed by atoms with Crippen LogP contribution in [0.4, 0.5) is 5.82 Å². The highest BCUT2D eigenvalue weighted by atomic mass is 79.9. The summed E-state index contributed by atoms with van der Waals surface area (Å²) in [5, 5.41) is 4.62. The number of hydrogen-bond acceptors (Lipinski definition) is 4. The van der Waals surface area contributed by atoms with Crippen LogP contribution >= 0.6 is 15.9 Å². The Labute approximate surface area is 210 Å². The average molecular weight is 513 g/mol. The van der Waals surface area contributed by atoms with Crippen LogP contribution in [0.25, 0.3) is 22.6 Å². The van der Waals surface area contributed by atoms with Gasteiger partial charge in [0.25, 0.3) is 0 Å². The zero-order valence-corrected chi connectivity index (χ0v) is 21.2. The van der Waals surface area contributed by atoms with E-state index in [0.29, 0.717) is 11.6 Å². The number of hydrazone groups is 1. The number of anilines is 1. The second-order valence-corrected chi connectivity index (χ2v) is 9.21. The van der Waals surface area contributed by atoms with E-state index in [1.807, 2.05) is 67.6 Å². The van der Waals surface area contributed by atoms with Gasteiger partial charge in [0.1, 0.15) is 0 Å². The number of halogens is 1. The van der Waals surface area contributed by atoms with Crippen molar-refractivity contribution < 1.29 is 0 Å². The minimum absolute atomic E-state index is 0.653. The van der Waals surface area contributed by atoms with E-state index >= 15 is 0 Å². The van der Waals surface area contributed by atoms with Crippen LogP contribution in [-0.2, 0) is 6.42 Å². The first-order valence-electron chi connectivity index (χ1n) is 11.7. The summed E-state index contributed by atoms with van der Waals surface area (Å²) in [6, 6.07) is 28.8. The molecule has 0 bridgehead atoms. The zero-order chi connectivity index (χ0) is 23.8. The van der Waals surface area contributed by atoms with E-state index in [0.717, 1.165) is 39.0 Å². The molecule has 0 fully saturated rings. The quantitative estimate of drug-likeness (QED) is 0.140. The number of hydrogen-bond donors (Lipinski definition) is 1. The Morgan fingerprint density at radius 3 is 2.29 bits per heavy atom. The number of benzene rings is 3. The second-order valence-electron chi connectivity index (χ2n) is 8.30. The van der Waals surface area contributed by atoms with Crippen LogP contribution in [0.15, 0.2) is 94.5 Å². The molecule has 4 rings (SSSR count). The summed E-state index contributed by atoms with van der Waals surface area (Å²) >= 11 is 3.50. The predicted octanol–water partition coefficient (Wildman–Crippen LogP) is 8.14. The smallest absolute Gasteiger partial charge is 0.162 e. The lowest BCUT2D eigenvalue weighted by molar-refractivity contribution is 0.717. The van der Waals surface area contributed by atoms with Crippen LogP contribution in [0.2, 0.25) is 0 Å². The monoisotopic (exact) mass is 512 g/mol. The Morgan fingerprint density at radius 2 is 1.59 bits per heavy atom. The molecule has 4 nitrogen and oxygen atoms in total. The van der Waals surface area contributed by atoms with Crippen LogP contribution in [0.3, 0.4) is 0 Å². The van der Waals surface area contributed by atoms with Crippen molar-refractivity contribution in [1.82, 2.24) is 9.97 Å². The van der Waals surface area contributed by atoms with E-state index in [2.05, 4.69) is 57.6 Å². The Kier molecular flexibility index (Phi) is 8.21. The summed E-state index contributed by atoms with van der Waals surface area (Å²) in [4.78, 5) is 9.55. The molecule has 0 unspecified atom stereocenters. The highest BCUT2D eigenvalue weighted by Crippen LogP contribution is 2.25. The third-order valence-corrected chi connectivity index (χ3v) is 6.21. The minimum atomic E-state index is 0.653. The molecule has 1 heterocycles. The van der Waals surface area contributed by atoms with Crippen molar-refractivity contribution in [3.8, 4) is 22.6 Å². The van der Waals surface area contributed by atoms with Crippen LogP contribution in [0.5, 0.6) is 0 Å². The van der Waals surface area contributed by atoms with Crippen molar-refractivity contribution in [2.45, 2.75) is 39.5 Å². The van der Waals surface area contributed by atoms with Gasteiger partial charge in [-0.3, -0.25) is 5.43 Å². The summed E-state index contributed by atoms with van der Waals surface area (Å²) in [5.41, 5.74) is 9.36. The first-order chi connectivity index (χ1) is 16.6. The number of rotatable bonds is 9. The van der Waals surface area contributed by atoms with Crippen molar-refractivity contribution in [3.63, 3.8) is 0 Å². The van der Waals surface area contributed by atoms with E-state index in [-0.39, 0.29) is 0 Å². The largest absolute Gasteiger partial charge is 0.261 e. The molecular formula is C29H29BrN4. The highest BCUT2D eigenvalue weighted by Gasteiger charge is 2.09. The molecule has 1 N–H and O–H groups in total. The standard InChI is InChI=1S/C29H29BrN4/c1-3-4-6-9-22-12-14-23(15-13-22)21(2)33-34-28-20-27(24-10-7-5-8-11-24)31-29(32-28)25-16-18-26(30)19-17-25/h5,7-8,10-20H,3-4,6,9H2,1-2H3,(H,31,32,34)/b33-21+. The fourth-order valence-electron chi connectivity index (χ4n) is 3.69. The van der Waals surface area contributed by atoms with E-state index in [9.17, 15) is 0 Å². The Morgan fingerprint density at radius 1 is 0.853 bits per heavy atom. The van der Waals surface area contributed by atoms with Gasteiger partial charge >= 0.3 is 0 Å². The van der Waals surface area contributed by atoms with E-state index in [1.54, 1.807) is 0 Å². The fraction of sp³-hybridized carbons (Fsp3) is 0.207. The van der Waals surface area contributed by atoms with Gasteiger partial charge in [0, 0.05) is 21.7 Å². The first kappa shape index (κ1) is 23.8. The Bertz CT molecular complexity index is 1230. The molecule has 5 heteroatoms. The maximum Gasteiger partial charge on any atom is 0.162 e. The van der Waals surface area contributed by atoms with Gasteiger partial charge < -0.3 is 0 Å². The molecule has 0 saturated heterocycles. The third-order valence-electron chi connectivity index (χ3n) is 5.68. The average Bonchev–Trinajstić information content (AvgIpc) is 2.88. The van der Waals surface area contributed by atoms with Gasteiger partial charge in [0.05, 0.1) is 11.4 Å². The molecule has 34 heavy (non-hydrogen) atoms. The summed E-state index contributed by atoms with van der Waals surface area (Å²) in [6.07, 6.45) is 4.89. The first-order valence-corrected chi connectivity index (χ1v) is 12.5. The molecule has 1 aromatic heterocycles. The second kappa shape index (κ2) is 11.7. The van der Waals surface area contributed by atoms with Crippen LogP contribution in [-0.4, -0.2) is 15.7 Å². The molecule has 172 valence electrons. The number of aromatic nitrogens is 2. The number of nitrogens with zero attached hydrogens (tertiary/aromatic N) is 3. The van der Waals surface area contributed by atoms with E-state index in [4.69, 9.17) is 9.97 Å². The van der Waals surface area contributed by atoms with Gasteiger partial charge in [-0.25, -0.2) is 9.97 Å². The van der Waals surface area contributed by atoms with Gasteiger partial charge in [0.2, 0.25) is 0 Å². The SMILES string of the molecule is CCCCCc1ccc(/C(C)=N/Nc2cc(-c3ccccc3)nc(-c3ccc(Br)cc3)n2)cc1. The number of aryl methyl sites for hydroxylation is 1. The molecule has 0 atom stereocenters. The summed E-state index contributed by atoms with van der Waals surface area (Å²) < 4.78 is 1.02. The third kappa shape index (κ3) is 6.39. The van der Waals surface area contributed by atoms with Crippen molar-refractivity contribution >= 4 is 27.5 Å². The number of unbranched alkanes of at least 4 members (excludes halogenated alkanes) is 2. The predicted molar refractivity (Wildman–Crippen MR) is 146 cm³/mol. The molecule has 0 amide bonds. The molecule has 0 saturated carbocycles. The van der Waals surface area contributed by atoms with Gasteiger partial charge in [-0.1, -0.05) is 102 Å². The highest BCUT2D eigenvalue weighted by molar-refractivity contribution is 9.10. The van der Waals surface area contributed by atoms with Crippen LogP contribution in [0, 0.1) is 0 Å². The van der Waals surface area contributed by atoms with E-state index < -0.39 is 0 Å². The Balaban J connectivity index is 1.58. The maximum absolute atomic E-state index is 4.81. The van der Waals surface area contributed by atoms with Crippen molar-refractivity contribution in [1.29, 1.82) is 0 Å². The number of nitrogens with one attached hydrogen (secondary N) is 1. The molecule has 0 radical (unpaired) electrons. The molecule has 4 aromatic rings. The zero-order valence-electron chi connectivity index (χ0n) is 19.6. The summed E-state index contributed by atoms with van der Waals surface area (Å²) in [5.74, 6) is 1.31. The molecule has 0 aliphatic heterocycles. The van der Waals surface area contributed by atoms with Crippen molar-refractivity contribution in [3.05, 3.63) is 101 Å². The van der Waals surface area contributed by atoms with Gasteiger partial charge in [-0.05, 0) is 43.0 Å². The molecular weight excluding hydrogens is 484 g/mol. The van der Waals surface area contributed by atoms with Crippen molar-refractivity contribution in [2.75, 3.05) is 5.43 Å². The van der Waals surface area contributed by atoms with Gasteiger partial charge in [0.15, 0.2) is 11.6 Å². The lowest BCUT2D eigenvalue weighted by atomic mass is 10.0. The van der Waals surface area contributed by atoms with Gasteiger partial charge in [-0.15, -0.1) is 0 Å². The topological polar surface area (TPSA) is 50.2 Å².